The molecule has 1 aromatic carbocycles. The van der Waals surface area contributed by atoms with Gasteiger partial charge in [-0.1, -0.05) is 23.9 Å². The van der Waals surface area contributed by atoms with E-state index in [-0.39, 0.29) is 17.6 Å². The molecule has 2 heterocycles. The third kappa shape index (κ3) is 4.02. The zero-order chi connectivity index (χ0) is 17.1. The van der Waals surface area contributed by atoms with Crippen molar-refractivity contribution in [3.8, 4) is 0 Å². The number of thioether (sulfide) groups is 2. The number of benzene rings is 1. The van der Waals surface area contributed by atoms with Crippen LogP contribution in [0.15, 0.2) is 34.2 Å². The van der Waals surface area contributed by atoms with Crippen molar-refractivity contribution < 1.29 is 9.53 Å². The molecule has 0 aliphatic carbocycles. The summed E-state index contributed by atoms with van der Waals surface area (Å²) >= 11 is 3.20. The molecule has 0 saturated heterocycles. The molecular weight excluding hydrogens is 344 g/mol. The Morgan fingerprint density at radius 3 is 2.79 bits per heavy atom. The number of nitrogens with one attached hydrogen (secondary N) is 1. The highest BCUT2D eigenvalue weighted by Gasteiger charge is 2.17. The first-order valence-electron chi connectivity index (χ1n) is 7.65. The molecule has 7 heteroatoms. The van der Waals surface area contributed by atoms with Gasteiger partial charge >= 0.3 is 5.97 Å². The number of aromatic amines is 1. The number of hydrogen-bond donors (Lipinski definition) is 1. The van der Waals surface area contributed by atoms with Gasteiger partial charge in [0.2, 0.25) is 0 Å². The molecule has 1 aromatic heterocycles. The summed E-state index contributed by atoms with van der Waals surface area (Å²) in [4.78, 5) is 31.1. The molecule has 24 heavy (non-hydrogen) atoms. The van der Waals surface area contributed by atoms with Crippen molar-refractivity contribution in [2.24, 2.45) is 0 Å². The molecule has 1 aliphatic rings. The van der Waals surface area contributed by atoms with Crippen LogP contribution in [0.2, 0.25) is 0 Å². The molecule has 3 rings (SSSR count). The Morgan fingerprint density at radius 2 is 2.08 bits per heavy atom. The molecule has 0 fully saturated rings. The quantitative estimate of drug-likeness (QED) is 0.499. The van der Waals surface area contributed by atoms with E-state index in [1.54, 1.807) is 23.9 Å². The summed E-state index contributed by atoms with van der Waals surface area (Å²) in [5, 5.41) is 0.643. The number of H-pyrrole nitrogens is 1. The first-order valence-corrected chi connectivity index (χ1v) is 9.79. The van der Waals surface area contributed by atoms with Crippen molar-refractivity contribution in [3.63, 3.8) is 0 Å². The van der Waals surface area contributed by atoms with E-state index in [1.165, 1.54) is 11.8 Å². The van der Waals surface area contributed by atoms with Crippen molar-refractivity contribution >= 4 is 29.5 Å². The fraction of sp³-hybridized carbons (Fsp3) is 0.353. The van der Waals surface area contributed by atoms with Gasteiger partial charge in [-0.25, -0.2) is 9.78 Å². The fourth-order valence-electron chi connectivity index (χ4n) is 2.28. The summed E-state index contributed by atoms with van der Waals surface area (Å²) in [6.45, 7) is 3.65. The predicted octanol–water partition coefficient (Wildman–Crippen LogP) is 3.37. The second kappa shape index (κ2) is 7.44. The Hall–Kier alpha value is -1.73. The largest absolute Gasteiger partial charge is 0.459 e. The molecular formula is C17H18N2O3S2. The van der Waals surface area contributed by atoms with Crippen LogP contribution < -0.4 is 5.56 Å². The Labute approximate surface area is 148 Å². The van der Waals surface area contributed by atoms with E-state index in [2.05, 4.69) is 9.97 Å². The Balaban J connectivity index is 1.64. The number of ether oxygens (including phenoxy) is 1. The van der Waals surface area contributed by atoms with E-state index in [0.717, 1.165) is 28.3 Å². The van der Waals surface area contributed by atoms with Crippen molar-refractivity contribution in [2.75, 3.05) is 0 Å². The molecule has 0 saturated carbocycles. The van der Waals surface area contributed by atoms with Gasteiger partial charge in [-0.3, -0.25) is 4.79 Å². The van der Waals surface area contributed by atoms with Crippen LogP contribution in [0, 0.1) is 0 Å². The van der Waals surface area contributed by atoms with Crippen molar-refractivity contribution in [3.05, 3.63) is 57.0 Å². The zero-order valence-corrected chi connectivity index (χ0v) is 15.1. The summed E-state index contributed by atoms with van der Waals surface area (Å²) in [6.07, 6.45) is -0.131. The maximum absolute atomic E-state index is 12.0. The van der Waals surface area contributed by atoms with Crippen LogP contribution >= 0.6 is 23.5 Å². The van der Waals surface area contributed by atoms with E-state index >= 15 is 0 Å². The molecule has 1 N–H and O–H groups in total. The van der Waals surface area contributed by atoms with Crippen molar-refractivity contribution in [1.82, 2.24) is 9.97 Å². The standard InChI is InChI=1S/C17H18N2O3S2/c1-10(2)22-16(21)12-5-3-11(4-6-12)7-24-17-18-14-9-23-8-13(14)15(20)19-17/h3-6,10H,7-9H2,1-2H3,(H,18,19,20). The predicted molar refractivity (Wildman–Crippen MR) is 96.4 cm³/mol. The summed E-state index contributed by atoms with van der Waals surface area (Å²) in [7, 11) is 0. The average Bonchev–Trinajstić information content (AvgIpc) is 3.02. The lowest BCUT2D eigenvalue weighted by Gasteiger charge is -2.08. The highest BCUT2D eigenvalue weighted by molar-refractivity contribution is 7.98. The third-order valence-corrected chi connectivity index (χ3v) is 5.39. The van der Waals surface area contributed by atoms with Crippen LogP contribution in [-0.2, 0) is 22.0 Å². The average molecular weight is 362 g/mol. The van der Waals surface area contributed by atoms with Crippen LogP contribution in [-0.4, -0.2) is 22.0 Å². The van der Waals surface area contributed by atoms with Gasteiger partial charge in [0.25, 0.3) is 5.56 Å². The molecule has 2 aromatic rings. The number of carbonyl (C=O) groups is 1. The van der Waals surface area contributed by atoms with Crippen molar-refractivity contribution in [2.45, 2.75) is 42.4 Å². The van der Waals surface area contributed by atoms with Gasteiger partial charge in [0.05, 0.1) is 17.4 Å². The van der Waals surface area contributed by atoms with Crippen LogP contribution in [0.4, 0.5) is 0 Å². The number of esters is 1. The Kier molecular flexibility index (Phi) is 5.30. The monoisotopic (exact) mass is 362 g/mol. The van der Waals surface area contributed by atoms with E-state index in [9.17, 15) is 9.59 Å². The Morgan fingerprint density at radius 1 is 1.33 bits per heavy atom. The summed E-state index contributed by atoms with van der Waals surface area (Å²) in [5.41, 5.74) is 3.27. The van der Waals surface area contributed by atoms with Crippen molar-refractivity contribution in [1.29, 1.82) is 0 Å². The van der Waals surface area contributed by atoms with E-state index in [4.69, 9.17) is 4.74 Å². The van der Waals surface area contributed by atoms with Gasteiger partial charge in [-0.15, -0.1) is 0 Å². The van der Waals surface area contributed by atoms with Crippen LogP contribution in [0.3, 0.4) is 0 Å². The van der Waals surface area contributed by atoms with Gasteiger partial charge in [-0.2, -0.15) is 11.8 Å². The third-order valence-electron chi connectivity index (χ3n) is 3.47. The molecule has 0 spiro atoms. The summed E-state index contributed by atoms with van der Waals surface area (Å²) < 4.78 is 5.17. The molecule has 1 aliphatic heterocycles. The van der Waals surface area contributed by atoms with Gasteiger partial charge in [0, 0.05) is 22.8 Å². The number of rotatable bonds is 5. The van der Waals surface area contributed by atoms with Crippen LogP contribution in [0.5, 0.6) is 0 Å². The number of nitrogens with zero attached hydrogens (tertiary/aromatic N) is 1. The minimum atomic E-state index is -0.314. The summed E-state index contributed by atoms with van der Waals surface area (Å²) in [5.74, 6) is 1.91. The summed E-state index contributed by atoms with van der Waals surface area (Å²) in [6, 6.07) is 7.31. The zero-order valence-electron chi connectivity index (χ0n) is 13.5. The normalized spacial score (nSPS) is 13.1. The van der Waals surface area contributed by atoms with Gasteiger partial charge in [0.15, 0.2) is 5.16 Å². The minimum Gasteiger partial charge on any atom is -0.459 e. The van der Waals surface area contributed by atoms with E-state index in [0.29, 0.717) is 16.5 Å². The van der Waals surface area contributed by atoms with Gasteiger partial charge in [0.1, 0.15) is 0 Å². The first-order chi connectivity index (χ1) is 11.5. The second-order valence-corrected chi connectivity index (χ2v) is 7.68. The lowest BCUT2D eigenvalue weighted by Crippen LogP contribution is -2.14. The molecule has 0 unspecified atom stereocenters. The van der Waals surface area contributed by atoms with Gasteiger partial charge in [-0.05, 0) is 31.5 Å². The number of fused-ring (bicyclic) bond motifs is 1. The molecule has 0 atom stereocenters. The lowest BCUT2D eigenvalue weighted by molar-refractivity contribution is 0.0378. The van der Waals surface area contributed by atoms with E-state index < -0.39 is 0 Å². The fourth-order valence-corrected chi connectivity index (χ4v) is 4.15. The van der Waals surface area contributed by atoms with E-state index in [1.807, 2.05) is 26.0 Å². The van der Waals surface area contributed by atoms with Crippen LogP contribution in [0.1, 0.15) is 41.0 Å². The van der Waals surface area contributed by atoms with Crippen LogP contribution in [0.25, 0.3) is 0 Å². The maximum Gasteiger partial charge on any atom is 0.338 e. The molecule has 126 valence electrons. The maximum atomic E-state index is 12.0. The molecule has 5 nitrogen and oxygen atoms in total. The number of carbonyl (C=O) groups excluding carboxylic acids is 1. The number of hydrogen-bond acceptors (Lipinski definition) is 6. The lowest BCUT2D eigenvalue weighted by atomic mass is 10.1. The molecule has 0 radical (unpaired) electrons. The minimum absolute atomic E-state index is 0.0284. The van der Waals surface area contributed by atoms with Gasteiger partial charge < -0.3 is 9.72 Å². The highest BCUT2D eigenvalue weighted by Crippen LogP contribution is 2.27. The highest BCUT2D eigenvalue weighted by atomic mass is 32.2. The second-order valence-electron chi connectivity index (χ2n) is 5.73. The topological polar surface area (TPSA) is 72.0 Å². The SMILES string of the molecule is CC(C)OC(=O)c1ccc(CSc2nc3c(c(=O)[nH]2)CSC3)cc1. The first kappa shape index (κ1) is 17.1. The smallest absolute Gasteiger partial charge is 0.338 e. The Bertz CT molecular complexity index is 800. The molecule has 0 amide bonds. The molecule has 0 bridgehead atoms. The number of aromatic nitrogens is 2.